The average molecular weight is 252 g/mol. The lowest BCUT2D eigenvalue weighted by molar-refractivity contribution is 0.203. The molecule has 0 aromatic heterocycles. The summed E-state index contributed by atoms with van der Waals surface area (Å²) in [5.41, 5.74) is 6.69. The minimum atomic E-state index is 0.445. The van der Waals surface area contributed by atoms with Crippen molar-refractivity contribution >= 4 is 0 Å². The molecule has 18 heavy (non-hydrogen) atoms. The summed E-state index contributed by atoms with van der Waals surface area (Å²) in [6.45, 7) is 5.98. The minimum absolute atomic E-state index is 0.445. The maximum absolute atomic E-state index is 6.08. The molecule has 0 spiro atoms. The van der Waals surface area contributed by atoms with Crippen LogP contribution in [0.1, 0.15) is 71.6 Å². The molecule has 0 amide bonds. The first-order valence-electron chi connectivity index (χ1n) is 8.09. The fourth-order valence-electron chi connectivity index (χ4n) is 4.22. The van der Waals surface area contributed by atoms with Crippen LogP contribution in [-0.4, -0.2) is 18.6 Å². The van der Waals surface area contributed by atoms with E-state index in [9.17, 15) is 0 Å². The van der Waals surface area contributed by atoms with Gasteiger partial charge in [0.05, 0.1) is 0 Å². The van der Waals surface area contributed by atoms with E-state index >= 15 is 0 Å². The van der Waals surface area contributed by atoms with Gasteiger partial charge < -0.3 is 11.1 Å². The Kier molecular flexibility index (Phi) is 5.08. The van der Waals surface area contributed by atoms with Crippen LogP contribution in [0.25, 0.3) is 0 Å². The van der Waals surface area contributed by atoms with E-state index in [2.05, 4.69) is 19.2 Å². The van der Waals surface area contributed by atoms with Crippen LogP contribution in [0.3, 0.4) is 0 Å². The second kappa shape index (κ2) is 6.38. The van der Waals surface area contributed by atoms with Crippen LogP contribution in [0.15, 0.2) is 0 Å². The molecule has 2 atom stereocenters. The normalized spacial score (nSPS) is 32.0. The summed E-state index contributed by atoms with van der Waals surface area (Å²) in [5.74, 6) is 0.832. The maximum Gasteiger partial charge on any atom is 0.00820 e. The van der Waals surface area contributed by atoms with Crippen molar-refractivity contribution < 1.29 is 0 Å². The van der Waals surface area contributed by atoms with Crippen molar-refractivity contribution in [1.82, 2.24) is 5.32 Å². The van der Waals surface area contributed by atoms with Gasteiger partial charge in [0.15, 0.2) is 0 Å². The zero-order valence-electron chi connectivity index (χ0n) is 12.4. The van der Waals surface area contributed by atoms with Crippen LogP contribution in [0.5, 0.6) is 0 Å². The molecule has 2 fully saturated rings. The Labute approximate surface area is 113 Å². The highest BCUT2D eigenvalue weighted by molar-refractivity contribution is 4.90. The molecule has 106 valence electrons. The van der Waals surface area contributed by atoms with E-state index in [1.807, 2.05) is 0 Å². The zero-order valence-corrected chi connectivity index (χ0v) is 12.4. The highest BCUT2D eigenvalue weighted by atomic mass is 14.9. The van der Waals surface area contributed by atoms with Crippen molar-refractivity contribution in [3.8, 4) is 0 Å². The van der Waals surface area contributed by atoms with E-state index in [0.29, 0.717) is 17.5 Å². The molecule has 2 saturated carbocycles. The number of rotatable bonds is 5. The van der Waals surface area contributed by atoms with Gasteiger partial charge in [-0.3, -0.25) is 0 Å². The SMILES string of the molecule is CC(C)CC1(CNC2CCCC(N)C2)CCCC1. The van der Waals surface area contributed by atoms with Crippen LogP contribution in [0.4, 0.5) is 0 Å². The van der Waals surface area contributed by atoms with Gasteiger partial charge in [-0.25, -0.2) is 0 Å². The monoisotopic (exact) mass is 252 g/mol. The lowest BCUT2D eigenvalue weighted by Crippen LogP contribution is -2.44. The summed E-state index contributed by atoms with van der Waals surface area (Å²) < 4.78 is 0. The third kappa shape index (κ3) is 3.96. The van der Waals surface area contributed by atoms with E-state index in [1.165, 1.54) is 64.3 Å². The number of nitrogens with one attached hydrogen (secondary N) is 1. The van der Waals surface area contributed by atoms with E-state index in [-0.39, 0.29) is 0 Å². The van der Waals surface area contributed by atoms with Gasteiger partial charge >= 0.3 is 0 Å². The van der Waals surface area contributed by atoms with Crippen molar-refractivity contribution in [3.63, 3.8) is 0 Å². The Balaban J connectivity index is 1.82. The van der Waals surface area contributed by atoms with Crippen molar-refractivity contribution in [2.45, 2.75) is 83.7 Å². The summed E-state index contributed by atoms with van der Waals surface area (Å²) in [6, 6.07) is 1.14. The molecule has 0 bridgehead atoms. The first kappa shape index (κ1) is 14.3. The van der Waals surface area contributed by atoms with Crippen LogP contribution in [0.2, 0.25) is 0 Å². The molecule has 2 heteroatoms. The van der Waals surface area contributed by atoms with Crippen molar-refractivity contribution in [3.05, 3.63) is 0 Å². The topological polar surface area (TPSA) is 38.0 Å². The molecule has 0 aliphatic heterocycles. The molecule has 2 aliphatic carbocycles. The largest absolute Gasteiger partial charge is 0.328 e. The molecule has 2 nitrogen and oxygen atoms in total. The predicted molar refractivity (Wildman–Crippen MR) is 78.6 cm³/mol. The van der Waals surface area contributed by atoms with Crippen molar-refractivity contribution in [2.24, 2.45) is 17.1 Å². The van der Waals surface area contributed by atoms with Crippen LogP contribution in [0, 0.1) is 11.3 Å². The summed E-state index contributed by atoms with van der Waals surface area (Å²) in [6.07, 6.45) is 12.2. The number of hydrogen-bond acceptors (Lipinski definition) is 2. The second-order valence-corrected chi connectivity index (χ2v) is 7.31. The molecule has 0 heterocycles. The molecular formula is C16H32N2. The molecule has 0 aromatic rings. The van der Waals surface area contributed by atoms with Gasteiger partial charge in [-0.05, 0) is 49.9 Å². The number of hydrogen-bond donors (Lipinski definition) is 2. The number of nitrogens with two attached hydrogens (primary N) is 1. The minimum Gasteiger partial charge on any atom is -0.328 e. The Morgan fingerprint density at radius 1 is 1.17 bits per heavy atom. The van der Waals surface area contributed by atoms with Gasteiger partial charge in [0, 0.05) is 18.6 Å². The van der Waals surface area contributed by atoms with E-state index in [4.69, 9.17) is 5.73 Å². The Bertz CT molecular complexity index is 243. The highest BCUT2D eigenvalue weighted by Gasteiger charge is 2.34. The lowest BCUT2D eigenvalue weighted by atomic mass is 9.78. The third-order valence-electron chi connectivity index (χ3n) is 4.99. The third-order valence-corrected chi connectivity index (χ3v) is 4.99. The van der Waals surface area contributed by atoms with Gasteiger partial charge in [0.25, 0.3) is 0 Å². The standard InChI is InChI=1S/C16H32N2/c1-13(2)11-16(8-3-4-9-16)12-18-15-7-5-6-14(17)10-15/h13-15,18H,3-12,17H2,1-2H3. The smallest absolute Gasteiger partial charge is 0.00820 e. The fourth-order valence-corrected chi connectivity index (χ4v) is 4.22. The Morgan fingerprint density at radius 3 is 2.50 bits per heavy atom. The summed E-state index contributed by atoms with van der Waals surface area (Å²) in [5, 5.41) is 3.86. The van der Waals surface area contributed by atoms with Crippen molar-refractivity contribution in [2.75, 3.05) is 6.54 Å². The summed E-state index contributed by atoms with van der Waals surface area (Å²) in [4.78, 5) is 0. The summed E-state index contributed by atoms with van der Waals surface area (Å²) >= 11 is 0. The molecular weight excluding hydrogens is 220 g/mol. The zero-order chi connectivity index (χ0) is 13.0. The van der Waals surface area contributed by atoms with E-state index in [1.54, 1.807) is 0 Å². The van der Waals surface area contributed by atoms with Gasteiger partial charge in [-0.15, -0.1) is 0 Å². The molecule has 0 saturated heterocycles. The molecule has 2 aliphatic rings. The Morgan fingerprint density at radius 2 is 1.89 bits per heavy atom. The first-order valence-corrected chi connectivity index (χ1v) is 8.09. The van der Waals surface area contributed by atoms with Crippen LogP contribution < -0.4 is 11.1 Å². The first-order chi connectivity index (χ1) is 8.60. The second-order valence-electron chi connectivity index (χ2n) is 7.31. The van der Waals surface area contributed by atoms with E-state index in [0.717, 1.165) is 5.92 Å². The summed E-state index contributed by atoms with van der Waals surface area (Å²) in [7, 11) is 0. The van der Waals surface area contributed by atoms with Gasteiger partial charge in [0.2, 0.25) is 0 Å². The fraction of sp³-hybridized carbons (Fsp3) is 1.00. The molecule has 0 aromatic carbocycles. The van der Waals surface area contributed by atoms with Crippen LogP contribution >= 0.6 is 0 Å². The van der Waals surface area contributed by atoms with Gasteiger partial charge in [-0.2, -0.15) is 0 Å². The quantitative estimate of drug-likeness (QED) is 0.786. The van der Waals surface area contributed by atoms with Crippen LogP contribution in [-0.2, 0) is 0 Å². The predicted octanol–water partition coefficient (Wildman–Crippen LogP) is 3.45. The molecule has 3 N–H and O–H groups in total. The van der Waals surface area contributed by atoms with Gasteiger partial charge in [-0.1, -0.05) is 33.1 Å². The molecule has 0 radical (unpaired) electrons. The van der Waals surface area contributed by atoms with E-state index < -0.39 is 0 Å². The average Bonchev–Trinajstić information content (AvgIpc) is 2.75. The lowest BCUT2D eigenvalue weighted by Gasteiger charge is -2.35. The van der Waals surface area contributed by atoms with Gasteiger partial charge in [0.1, 0.15) is 0 Å². The molecule has 2 rings (SSSR count). The highest BCUT2D eigenvalue weighted by Crippen LogP contribution is 2.42. The van der Waals surface area contributed by atoms with Crippen molar-refractivity contribution in [1.29, 1.82) is 0 Å². The molecule has 2 unspecified atom stereocenters. The maximum atomic E-state index is 6.08. The Hall–Kier alpha value is -0.0800.